The Morgan fingerprint density at radius 2 is 1.62 bits per heavy atom. The molecule has 1 aliphatic rings. The van der Waals surface area contributed by atoms with Gasteiger partial charge in [-0.1, -0.05) is 86.6 Å². The second-order valence-corrected chi connectivity index (χ2v) is 10.3. The van der Waals surface area contributed by atoms with Crippen molar-refractivity contribution >= 4 is 17.6 Å². The standard InChI is InChI=1S/C32H40N4O3/c1-24(2)34-22-25-12-14-27(15-13-25)31(37)23-33-18-21-36-19-16-28(17-20-36)39-32(38)35-30-11-7-6-10-29(30)26-8-4-3-5-9-26/h3-15,24,28,33-34H,16-23H2,1-2H3,(H,35,38). The number of ether oxygens (including phenoxy) is 1. The molecule has 4 rings (SSSR count). The summed E-state index contributed by atoms with van der Waals surface area (Å²) >= 11 is 0. The zero-order chi connectivity index (χ0) is 27.5. The predicted molar refractivity (Wildman–Crippen MR) is 157 cm³/mol. The zero-order valence-corrected chi connectivity index (χ0v) is 23.0. The minimum atomic E-state index is -0.416. The lowest BCUT2D eigenvalue weighted by molar-refractivity contribution is 0.0593. The van der Waals surface area contributed by atoms with Gasteiger partial charge in [0.1, 0.15) is 6.10 Å². The molecular weight excluding hydrogens is 488 g/mol. The van der Waals surface area contributed by atoms with Crippen LogP contribution >= 0.6 is 0 Å². The zero-order valence-electron chi connectivity index (χ0n) is 23.0. The van der Waals surface area contributed by atoms with Crippen molar-refractivity contribution in [1.82, 2.24) is 15.5 Å². The molecule has 0 unspecified atom stereocenters. The quantitative estimate of drug-likeness (QED) is 0.218. The molecule has 1 amide bonds. The summed E-state index contributed by atoms with van der Waals surface area (Å²) in [5, 5.41) is 9.59. The van der Waals surface area contributed by atoms with Crippen LogP contribution in [0.15, 0.2) is 78.9 Å². The SMILES string of the molecule is CC(C)NCc1ccc(C(=O)CNCCN2CCC(OC(=O)Nc3ccccc3-c3ccccc3)CC2)cc1. The molecule has 39 heavy (non-hydrogen) atoms. The van der Waals surface area contributed by atoms with Crippen molar-refractivity contribution in [1.29, 1.82) is 0 Å². The molecule has 0 aromatic heterocycles. The first kappa shape index (κ1) is 28.5. The molecular formula is C32H40N4O3. The van der Waals surface area contributed by atoms with Crippen LogP contribution in [0.1, 0.15) is 42.6 Å². The molecule has 3 aromatic rings. The van der Waals surface area contributed by atoms with Gasteiger partial charge >= 0.3 is 6.09 Å². The highest BCUT2D eigenvalue weighted by Crippen LogP contribution is 2.28. The summed E-state index contributed by atoms with van der Waals surface area (Å²) in [6.45, 7) is 8.69. The van der Waals surface area contributed by atoms with Gasteiger partial charge in [-0.3, -0.25) is 10.1 Å². The number of hydrogen-bond acceptors (Lipinski definition) is 6. The maximum atomic E-state index is 12.6. The number of carbonyl (C=O) groups is 2. The van der Waals surface area contributed by atoms with E-state index in [0.717, 1.165) is 67.9 Å². The van der Waals surface area contributed by atoms with Crippen molar-refractivity contribution in [3.05, 3.63) is 90.0 Å². The fourth-order valence-corrected chi connectivity index (χ4v) is 4.67. The number of nitrogens with one attached hydrogen (secondary N) is 3. The maximum absolute atomic E-state index is 12.6. The number of carbonyl (C=O) groups excluding carboxylic acids is 2. The highest BCUT2D eigenvalue weighted by atomic mass is 16.6. The third-order valence-corrected chi connectivity index (χ3v) is 6.94. The number of Topliss-reactive ketones (excluding diaryl/α,β-unsaturated/α-hetero) is 1. The van der Waals surface area contributed by atoms with E-state index in [1.807, 2.05) is 78.9 Å². The Morgan fingerprint density at radius 1 is 0.923 bits per heavy atom. The lowest BCUT2D eigenvalue weighted by Gasteiger charge is -2.31. The summed E-state index contributed by atoms with van der Waals surface area (Å²) in [5.41, 5.74) is 4.66. The van der Waals surface area contributed by atoms with E-state index in [-0.39, 0.29) is 11.9 Å². The molecule has 1 heterocycles. The first-order valence-electron chi connectivity index (χ1n) is 13.9. The van der Waals surface area contributed by atoms with Gasteiger partial charge < -0.3 is 20.3 Å². The van der Waals surface area contributed by atoms with Crippen LogP contribution in [0.25, 0.3) is 11.1 Å². The van der Waals surface area contributed by atoms with E-state index in [0.29, 0.717) is 12.6 Å². The Bertz CT molecular complexity index is 1190. The van der Waals surface area contributed by atoms with Gasteiger partial charge in [0.25, 0.3) is 0 Å². The minimum Gasteiger partial charge on any atom is -0.446 e. The highest BCUT2D eigenvalue weighted by molar-refractivity contribution is 5.97. The molecule has 0 radical (unpaired) electrons. The smallest absolute Gasteiger partial charge is 0.411 e. The predicted octanol–water partition coefficient (Wildman–Crippen LogP) is 5.34. The lowest BCUT2D eigenvalue weighted by Crippen LogP contribution is -2.42. The summed E-state index contributed by atoms with van der Waals surface area (Å²) in [6.07, 6.45) is 1.08. The van der Waals surface area contributed by atoms with E-state index in [1.165, 1.54) is 5.56 Å². The number of ketones is 1. The van der Waals surface area contributed by atoms with Gasteiger partial charge in [0.05, 0.1) is 12.2 Å². The van der Waals surface area contributed by atoms with Crippen LogP contribution in [-0.2, 0) is 11.3 Å². The fourth-order valence-electron chi connectivity index (χ4n) is 4.67. The highest BCUT2D eigenvalue weighted by Gasteiger charge is 2.22. The van der Waals surface area contributed by atoms with Gasteiger partial charge in [-0.05, 0) is 30.0 Å². The molecule has 0 saturated carbocycles. The van der Waals surface area contributed by atoms with E-state index < -0.39 is 6.09 Å². The van der Waals surface area contributed by atoms with Gasteiger partial charge in [0.2, 0.25) is 0 Å². The number of nitrogens with zero attached hydrogens (tertiary/aromatic N) is 1. The molecule has 0 spiro atoms. The van der Waals surface area contributed by atoms with E-state index in [1.54, 1.807) is 0 Å². The minimum absolute atomic E-state index is 0.0987. The molecule has 3 N–H and O–H groups in total. The van der Waals surface area contributed by atoms with Crippen molar-refractivity contribution in [2.45, 2.75) is 45.4 Å². The molecule has 7 heteroatoms. The number of piperidine rings is 1. The molecule has 7 nitrogen and oxygen atoms in total. The number of benzene rings is 3. The Hall–Kier alpha value is -3.52. The summed E-state index contributed by atoms with van der Waals surface area (Å²) < 4.78 is 5.73. The third kappa shape index (κ3) is 9.03. The summed E-state index contributed by atoms with van der Waals surface area (Å²) in [7, 11) is 0. The van der Waals surface area contributed by atoms with E-state index in [2.05, 4.69) is 34.7 Å². The lowest BCUT2D eigenvalue weighted by atomic mass is 10.0. The van der Waals surface area contributed by atoms with Crippen LogP contribution in [-0.4, -0.2) is 61.6 Å². The summed E-state index contributed by atoms with van der Waals surface area (Å²) in [4.78, 5) is 27.5. The number of rotatable bonds is 12. The number of para-hydroxylation sites is 1. The number of likely N-dealkylation sites (tertiary alicyclic amines) is 1. The van der Waals surface area contributed by atoms with Crippen molar-refractivity contribution in [2.24, 2.45) is 0 Å². The number of anilines is 1. The van der Waals surface area contributed by atoms with Crippen LogP contribution < -0.4 is 16.0 Å². The van der Waals surface area contributed by atoms with Crippen LogP contribution in [0.4, 0.5) is 10.5 Å². The molecule has 0 aliphatic carbocycles. The Labute approximate surface area is 231 Å². The molecule has 1 saturated heterocycles. The summed E-state index contributed by atoms with van der Waals surface area (Å²) in [6, 6.07) is 26.0. The maximum Gasteiger partial charge on any atom is 0.411 e. The first-order valence-corrected chi connectivity index (χ1v) is 13.9. The van der Waals surface area contributed by atoms with Gasteiger partial charge in [0, 0.05) is 49.9 Å². The van der Waals surface area contributed by atoms with Crippen molar-refractivity contribution < 1.29 is 14.3 Å². The van der Waals surface area contributed by atoms with E-state index >= 15 is 0 Å². The van der Waals surface area contributed by atoms with Crippen molar-refractivity contribution in [3.63, 3.8) is 0 Å². The second kappa shape index (κ2) is 14.6. The average Bonchev–Trinajstić information content (AvgIpc) is 2.96. The Balaban J connectivity index is 1.13. The normalized spacial score (nSPS) is 14.3. The Kier molecular flexibility index (Phi) is 10.7. The van der Waals surface area contributed by atoms with Crippen molar-refractivity contribution in [2.75, 3.05) is 38.0 Å². The Morgan fingerprint density at radius 3 is 2.33 bits per heavy atom. The molecule has 0 atom stereocenters. The molecule has 1 fully saturated rings. The topological polar surface area (TPSA) is 82.7 Å². The molecule has 3 aromatic carbocycles. The number of amides is 1. The average molecular weight is 529 g/mol. The molecule has 1 aliphatic heterocycles. The van der Waals surface area contributed by atoms with E-state index in [9.17, 15) is 9.59 Å². The van der Waals surface area contributed by atoms with Crippen LogP contribution in [0.3, 0.4) is 0 Å². The van der Waals surface area contributed by atoms with Crippen LogP contribution in [0.2, 0.25) is 0 Å². The molecule has 0 bridgehead atoms. The van der Waals surface area contributed by atoms with Crippen molar-refractivity contribution in [3.8, 4) is 11.1 Å². The summed E-state index contributed by atoms with van der Waals surface area (Å²) in [5.74, 6) is 0.102. The van der Waals surface area contributed by atoms with Crippen LogP contribution in [0.5, 0.6) is 0 Å². The van der Waals surface area contributed by atoms with Crippen LogP contribution in [0, 0.1) is 0 Å². The largest absolute Gasteiger partial charge is 0.446 e. The van der Waals surface area contributed by atoms with Gasteiger partial charge in [0.15, 0.2) is 5.78 Å². The van der Waals surface area contributed by atoms with Gasteiger partial charge in [-0.2, -0.15) is 0 Å². The van der Waals surface area contributed by atoms with Gasteiger partial charge in [-0.25, -0.2) is 4.79 Å². The second-order valence-electron chi connectivity index (χ2n) is 10.3. The fraction of sp³-hybridized carbons (Fsp3) is 0.375. The molecule has 206 valence electrons. The van der Waals surface area contributed by atoms with Gasteiger partial charge in [-0.15, -0.1) is 0 Å². The number of hydrogen-bond donors (Lipinski definition) is 3. The monoisotopic (exact) mass is 528 g/mol. The third-order valence-electron chi connectivity index (χ3n) is 6.94. The van der Waals surface area contributed by atoms with E-state index in [4.69, 9.17) is 4.74 Å². The first-order chi connectivity index (χ1) is 19.0.